The lowest BCUT2D eigenvalue weighted by Crippen LogP contribution is -2.36. The van der Waals surface area contributed by atoms with Gasteiger partial charge >= 0.3 is 0 Å². The molecule has 1 atom stereocenters. The van der Waals surface area contributed by atoms with Crippen molar-refractivity contribution in [2.45, 2.75) is 19.1 Å². The molecule has 25 heavy (non-hydrogen) atoms. The van der Waals surface area contributed by atoms with Crippen molar-refractivity contribution < 1.29 is 23.4 Å². The SMILES string of the molecule is O=C(NCC(O)COc1ccc(F)c(F)c1)c1n[nH]c2c1CNCC2. The smallest absolute Gasteiger partial charge is 0.272 e. The fourth-order valence-corrected chi connectivity index (χ4v) is 2.53. The number of ether oxygens (including phenoxy) is 1. The molecule has 3 rings (SSSR count). The number of hydrogen-bond acceptors (Lipinski definition) is 5. The summed E-state index contributed by atoms with van der Waals surface area (Å²) < 4.78 is 31.1. The lowest BCUT2D eigenvalue weighted by atomic mass is 10.1. The predicted molar refractivity (Wildman–Crippen MR) is 84.2 cm³/mol. The predicted octanol–water partition coefficient (Wildman–Crippen LogP) is 0.503. The molecule has 0 aliphatic carbocycles. The molecule has 0 saturated carbocycles. The Balaban J connectivity index is 1.48. The summed E-state index contributed by atoms with van der Waals surface area (Å²) in [7, 11) is 0. The van der Waals surface area contributed by atoms with E-state index in [4.69, 9.17) is 4.74 Å². The minimum atomic E-state index is -1.03. The Morgan fingerprint density at radius 3 is 3.04 bits per heavy atom. The van der Waals surface area contributed by atoms with Crippen LogP contribution in [0.1, 0.15) is 21.7 Å². The van der Waals surface area contributed by atoms with E-state index in [-0.39, 0.29) is 18.9 Å². The van der Waals surface area contributed by atoms with E-state index >= 15 is 0 Å². The van der Waals surface area contributed by atoms with Gasteiger partial charge in [-0.05, 0) is 12.1 Å². The molecule has 1 amide bonds. The minimum Gasteiger partial charge on any atom is -0.491 e. The first-order chi connectivity index (χ1) is 12.0. The summed E-state index contributed by atoms with van der Waals surface area (Å²) in [6.45, 7) is 1.16. The molecular weight excluding hydrogens is 334 g/mol. The molecule has 9 heteroatoms. The van der Waals surface area contributed by atoms with Crippen molar-refractivity contribution in [1.29, 1.82) is 0 Å². The largest absolute Gasteiger partial charge is 0.491 e. The van der Waals surface area contributed by atoms with Crippen molar-refractivity contribution in [2.75, 3.05) is 19.7 Å². The maximum atomic E-state index is 13.1. The van der Waals surface area contributed by atoms with E-state index in [9.17, 15) is 18.7 Å². The van der Waals surface area contributed by atoms with Crippen LogP contribution < -0.4 is 15.4 Å². The van der Waals surface area contributed by atoms with Gasteiger partial charge < -0.3 is 20.5 Å². The van der Waals surface area contributed by atoms with Crippen molar-refractivity contribution in [2.24, 2.45) is 0 Å². The van der Waals surface area contributed by atoms with Crippen molar-refractivity contribution in [3.05, 3.63) is 46.8 Å². The molecule has 1 aliphatic heterocycles. The van der Waals surface area contributed by atoms with Crippen LogP contribution in [0, 0.1) is 11.6 Å². The van der Waals surface area contributed by atoms with Gasteiger partial charge in [0.15, 0.2) is 17.3 Å². The fourth-order valence-electron chi connectivity index (χ4n) is 2.53. The molecule has 1 aliphatic rings. The van der Waals surface area contributed by atoms with Gasteiger partial charge in [0.05, 0.1) is 0 Å². The third kappa shape index (κ3) is 4.12. The van der Waals surface area contributed by atoms with E-state index in [1.165, 1.54) is 6.07 Å². The molecule has 2 aromatic rings. The topological polar surface area (TPSA) is 99.3 Å². The Labute approximate surface area is 142 Å². The van der Waals surface area contributed by atoms with Gasteiger partial charge in [-0.25, -0.2) is 8.78 Å². The third-order valence-corrected chi connectivity index (χ3v) is 3.85. The van der Waals surface area contributed by atoms with Crippen LogP contribution in [0.15, 0.2) is 18.2 Å². The van der Waals surface area contributed by atoms with Gasteiger partial charge in [0.1, 0.15) is 18.5 Å². The number of amides is 1. The van der Waals surface area contributed by atoms with Crippen LogP contribution in [-0.4, -0.2) is 47.0 Å². The first kappa shape index (κ1) is 17.3. The number of carbonyl (C=O) groups is 1. The maximum absolute atomic E-state index is 13.1. The number of halogens is 2. The Hall–Kier alpha value is -2.52. The number of aliphatic hydroxyl groups excluding tert-OH is 1. The van der Waals surface area contributed by atoms with Gasteiger partial charge in [0, 0.05) is 43.4 Å². The van der Waals surface area contributed by atoms with E-state index in [1.54, 1.807) is 0 Å². The summed E-state index contributed by atoms with van der Waals surface area (Å²) >= 11 is 0. The van der Waals surface area contributed by atoms with Gasteiger partial charge in [0.2, 0.25) is 0 Å². The number of rotatable bonds is 6. The maximum Gasteiger partial charge on any atom is 0.272 e. The average Bonchev–Trinajstić information content (AvgIpc) is 3.05. The van der Waals surface area contributed by atoms with E-state index in [1.807, 2.05) is 0 Å². The highest BCUT2D eigenvalue weighted by Crippen LogP contribution is 2.16. The lowest BCUT2D eigenvalue weighted by molar-refractivity contribution is 0.0838. The number of aliphatic hydroxyl groups is 1. The molecule has 0 radical (unpaired) electrons. The third-order valence-electron chi connectivity index (χ3n) is 3.85. The van der Waals surface area contributed by atoms with Gasteiger partial charge in [-0.15, -0.1) is 0 Å². The zero-order valence-corrected chi connectivity index (χ0v) is 13.3. The summed E-state index contributed by atoms with van der Waals surface area (Å²) in [6.07, 6.45) is -0.231. The molecule has 0 saturated heterocycles. The molecule has 2 heterocycles. The number of aromatic nitrogens is 2. The van der Waals surface area contributed by atoms with Crippen LogP contribution in [0.5, 0.6) is 5.75 Å². The first-order valence-corrected chi connectivity index (χ1v) is 7.85. The van der Waals surface area contributed by atoms with Crippen molar-refractivity contribution in [1.82, 2.24) is 20.8 Å². The molecule has 0 fully saturated rings. The highest BCUT2D eigenvalue weighted by atomic mass is 19.2. The molecule has 0 spiro atoms. The number of carbonyl (C=O) groups excluding carboxylic acids is 1. The Kier molecular flexibility index (Phi) is 5.25. The van der Waals surface area contributed by atoms with Crippen LogP contribution >= 0.6 is 0 Å². The van der Waals surface area contributed by atoms with Crippen molar-refractivity contribution in [3.63, 3.8) is 0 Å². The van der Waals surface area contributed by atoms with Crippen molar-refractivity contribution in [3.8, 4) is 5.75 Å². The fraction of sp³-hybridized carbons (Fsp3) is 0.375. The lowest BCUT2D eigenvalue weighted by Gasteiger charge is -2.15. The monoisotopic (exact) mass is 352 g/mol. The summed E-state index contributed by atoms with van der Waals surface area (Å²) in [4.78, 5) is 12.2. The van der Waals surface area contributed by atoms with Gasteiger partial charge in [-0.1, -0.05) is 0 Å². The van der Waals surface area contributed by atoms with Crippen molar-refractivity contribution >= 4 is 5.91 Å². The second-order valence-electron chi connectivity index (χ2n) is 5.71. The molecule has 4 N–H and O–H groups in total. The zero-order valence-electron chi connectivity index (χ0n) is 13.3. The number of hydrogen-bond donors (Lipinski definition) is 4. The molecule has 1 unspecified atom stereocenters. The normalized spacial score (nSPS) is 14.7. The second-order valence-corrected chi connectivity index (χ2v) is 5.71. The molecular formula is C16H18F2N4O3. The standard InChI is InChI=1S/C16H18F2N4O3/c17-12-2-1-10(5-13(12)18)25-8-9(23)6-20-16(24)15-11-7-19-4-3-14(11)21-22-15/h1-2,5,9,19,23H,3-4,6-8H2,(H,20,24)(H,21,22). The molecule has 1 aromatic heterocycles. The number of nitrogens with one attached hydrogen (secondary N) is 3. The minimum absolute atomic E-state index is 0.0580. The first-order valence-electron chi connectivity index (χ1n) is 7.85. The Bertz CT molecular complexity index is 766. The van der Waals surface area contributed by atoms with Gasteiger partial charge in [0.25, 0.3) is 5.91 Å². The number of fused-ring (bicyclic) bond motifs is 1. The van der Waals surface area contributed by atoms with Crippen LogP contribution in [0.25, 0.3) is 0 Å². The van der Waals surface area contributed by atoms with Crippen LogP contribution in [-0.2, 0) is 13.0 Å². The summed E-state index contributed by atoms with van der Waals surface area (Å²) in [5, 5.41) is 22.5. The molecule has 7 nitrogen and oxygen atoms in total. The van der Waals surface area contributed by atoms with E-state index in [0.29, 0.717) is 12.2 Å². The number of H-pyrrole nitrogens is 1. The van der Waals surface area contributed by atoms with Gasteiger partial charge in [-0.2, -0.15) is 5.10 Å². The summed E-state index contributed by atoms with van der Waals surface area (Å²) in [5.74, 6) is -2.31. The number of benzene rings is 1. The Morgan fingerprint density at radius 2 is 2.24 bits per heavy atom. The van der Waals surface area contributed by atoms with E-state index in [0.717, 1.165) is 36.4 Å². The summed E-state index contributed by atoms with van der Waals surface area (Å²) in [5.41, 5.74) is 2.07. The van der Waals surface area contributed by atoms with E-state index in [2.05, 4.69) is 20.8 Å². The second kappa shape index (κ2) is 7.58. The summed E-state index contributed by atoms with van der Waals surface area (Å²) in [6, 6.07) is 3.09. The van der Waals surface area contributed by atoms with Crippen LogP contribution in [0.2, 0.25) is 0 Å². The molecule has 1 aromatic carbocycles. The highest BCUT2D eigenvalue weighted by Gasteiger charge is 2.21. The average molecular weight is 352 g/mol. The number of nitrogens with zero attached hydrogens (tertiary/aromatic N) is 1. The zero-order chi connectivity index (χ0) is 17.8. The molecule has 134 valence electrons. The Morgan fingerprint density at radius 1 is 1.40 bits per heavy atom. The highest BCUT2D eigenvalue weighted by molar-refractivity contribution is 5.94. The quantitative estimate of drug-likeness (QED) is 0.607. The van der Waals surface area contributed by atoms with E-state index < -0.39 is 23.6 Å². The number of aromatic amines is 1. The van der Waals surface area contributed by atoms with Crippen LogP contribution in [0.3, 0.4) is 0 Å². The van der Waals surface area contributed by atoms with Gasteiger partial charge in [-0.3, -0.25) is 9.89 Å². The van der Waals surface area contributed by atoms with Crippen LogP contribution in [0.4, 0.5) is 8.78 Å². The molecule has 0 bridgehead atoms.